The predicted octanol–water partition coefficient (Wildman–Crippen LogP) is 6.62. The van der Waals surface area contributed by atoms with Gasteiger partial charge in [-0.3, -0.25) is 0 Å². The molecule has 0 bridgehead atoms. The van der Waals surface area contributed by atoms with Gasteiger partial charge in [0, 0.05) is 0 Å². The molecule has 0 spiro atoms. The van der Waals surface area contributed by atoms with Crippen LogP contribution >= 0.6 is 0 Å². The second-order valence-corrected chi connectivity index (χ2v) is 6.74. The summed E-state index contributed by atoms with van der Waals surface area (Å²) in [5, 5.41) is 0. The van der Waals surface area contributed by atoms with Crippen LogP contribution in [-0.4, -0.2) is 0 Å². The molecule has 0 N–H and O–H groups in total. The van der Waals surface area contributed by atoms with Crippen LogP contribution in [0, 0.1) is 11.8 Å². The van der Waals surface area contributed by atoms with E-state index in [4.69, 9.17) is 0 Å². The van der Waals surface area contributed by atoms with E-state index in [9.17, 15) is 0 Å². The van der Waals surface area contributed by atoms with Crippen LogP contribution in [0.4, 0.5) is 0 Å². The minimum Gasteiger partial charge on any atom is -0.0999 e. The van der Waals surface area contributed by atoms with Crippen LogP contribution in [0.2, 0.25) is 0 Å². The molecule has 0 amide bonds. The van der Waals surface area contributed by atoms with Crippen molar-refractivity contribution in [3.8, 4) is 0 Å². The van der Waals surface area contributed by atoms with E-state index in [-0.39, 0.29) is 0 Å². The van der Waals surface area contributed by atoms with Gasteiger partial charge in [0.05, 0.1) is 0 Å². The lowest BCUT2D eigenvalue weighted by molar-refractivity contribution is 0.428. The Balaban J connectivity index is 2.90. The van der Waals surface area contributed by atoms with Gasteiger partial charge in [0.25, 0.3) is 0 Å². The highest BCUT2D eigenvalue weighted by Gasteiger charge is 2.17. The lowest BCUT2D eigenvalue weighted by Crippen LogP contribution is -2.11. The number of allylic oxidation sites excluding steroid dienone is 6. The lowest BCUT2D eigenvalue weighted by atomic mass is 9.81. The highest BCUT2D eigenvalue weighted by molar-refractivity contribution is 5.10. The minimum atomic E-state index is 0.607. The second-order valence-electron chi connectivity index (χ2n) is 6.74. The zero-order valence-electron chi connectivity index (χ0n) is 14.0. The fourth-order valence-corrected chi connectivity index (χ4v) is 2.90. The first kappa shape index (κ1) is 17.0. The normalized spacial score (nSPS) is 25.8. The van der Waals surface area contributed by atoms with E-state index >= 15 is 0 Å². The first-order chi connectivity index (χ1) is 9.40. The molecule has 0 aromatic carbocycles. The van der Waals surface area contributed by atoms with Crippen LogP contribution in [0.25, 0.3) is 0 Å². The molecule has 0 nitrogen and oxygen atoms in total. The topological polar surface area (TPSA) is 0 Å². The van der Waals surface area contributed by atoms with Gasteiger partial charge in [-0.05, 0) is 78.1 Å². The summed E-state index contributed by atoms with van der Waals surface area (Å²) < 4.78 is 0. The second kappa shape index (κ2) is 8.29. The zero-order chi connectivity index (χ0) is 15.1. The Hall–Kier alpha value is -1.04. The summed E-state index contributed by atoms with van der Waals surface area (Å²) >= 11 is 0. The molecule has 0 saturated heterocycles. The molecule has 0 aromatic rings. The van der Waals surface area contributed by atoms with E-state index in [0.717, 1.165) is 6.42 Å². The maximum absolute atomic E-state index is 4.22. The Labute approximate surface area is 126 Å². The van der Waals surface area contributed by atoms with Crippen LogP contribution in [0.1, 0.15) is 66.2 Å². The van der Waals surface area contributed by atoms with E-state index < -0.39 is 0 Å². The van der Waals surface area contributed by atoms with Crippen molar-refractivity contribution < 1.29 is 0 Å². The quantitative estimate of drug-likeness (QED) is 0.496. The fourth-order valence-electron chi connectivity index (χ4n) is 2.90. The number of rotatable bonds is 2. The molecule has 0 aromatic heterocycles. The van der Waals surface area contributed by atoms with Crippen molar-refractivity contribution in [2.45, 2.75) is 66.2 Å². The third kappa shape index (κ3) is 5.94. The van der Waals surface area contributed by atoms with E-state index in [1.807, 2.05) is 0 Å². The number of hydrogen-bond acceptors (Lipinski definition) is 0. The Bertz CT molecular complexity index is 406. The van der Waals surface area contributed by atoms with Crippen molar-refractivity contribution in [2.24, 2.45) is 11.8 Å². The molecule has 1 rings (SSSR count). The maximum Gasteiger partial charge on any atom is -0.0168 e. The van der Waals surface area contributed by atoms with E-state index in [2.05, 4.69) is 53.0 Å². The van der Waals surface area contributed by atoms with Gasteiger partial charge >= 0.3 is 0 Å². The summed E-state index contributed by atoms with van der Waals surface area (Å²) in [5.74, 6) is 1.24. The van der Waals surface area contributed by atoms with Crippen LogP contribution in [0.15, 0.2) is 47.6 Å². The molecule has 2 unspecified atom stereocenters. The fraction of sp³-hybridized carbons (Fsp3) is 0.600. The molecular formula is C20H32. The summed E-state index contributed by atoms with van der Waals surface area (Å²) in [5.41, 5.74) is 5.72. The van der Waals surface area contributed by atoms with Crippen LogP contribution in [0.5, 0.6) is 0 Å². The molecule has 0 heterocycles. The Kier molecular flexibility index (Phi) is 7.05. The third-order valence-corrected chi connectivity index (χ3v) is 4.63. The van der Waals surface area contributed by atoms with Gasteiger partial charge in [0.2, 0.25) is 0 Å². The minimum absolute atomic E-state index is 0.607. The predicted molar refractivity (Wildman–Crippen MR) is 91.8 cm³/mol. The first-order valence-corrected chi connectivity index (χ1v) is 8.02. The SMILES string of the molecule is C=C(C)C1CC=C(C)CCC=C(C)CCC(C(=C)C)C1. The molecule has 0 aliphatic heterocycles. The first-order valence-electron chi connectivity index (χ1n) is 8.02. The standard InChI is InChI=1S/C20H32/c1-15(2)19-12-10-17(5)8-7-9-18(6)11-13-20(14-19)16(3)4/h8,11,19-20H,1,3,7,9-10,12-14H2,2,4-6H3. The van der Waals surface area contributed by atoms with Crippen molar-refractivity contribution in [3.63, 3.8) is 0 Å². The average molecular weight is 272 g/mol. The molecule has 0 saturated carbocycles. The van der Waals surface area contributed by atoms with E-state index in [1.165, 1.54) is 54.4 Å². The van der Waals surface area contributed by atoms with Gasteiger partial charge in [0.1, 0.15) is 0 Å². The monoisotopic (exact) mass is 272 g/mol. The largest absolute Gasteiger partial charge is 0.0999 e. The highest BCUT2D eigenvalue weighted by Crippen LogP contribution is 2.31. The summed E-state index contributed by atoms with van der Waals surface area (Å²) in [6.07, 6.45) is 12.0. The smallest absolute Gasteiger partial charge is 0.0168 e. The maximum atomic E-state index is 4.22. The summed E-state index contributed by atoms with van der Waals surface area (Å²) in [6.45, 7) is 17.3. The van der Waals surface area contributed by atoms with Crippen LogP contribution in [0.3, 0.4) is 0 Å². The third-order valence-electron chi connectivity index (χ3n) is 4.63. The molecule has 0 radical (unpaired) electrons. The molecule has 20 heavy (non-hydrogen) atoms. The number of hydrogen-bond donors (Lipinski definition) is 0. The Morgan fingerprint density at radius 3 is 2.15 bits per heavy atom. The summed E-state index contributed by atoms with van der Waals surface area (Å²) in [4.78, 5) is 0. The van der Waals surface area contributed by atoms with E-state index in [0.29, 0.717) is 11.8 Å². The molecule has 1 aliphatic carbocycles. The Morgan fingerprint density at radius 2 is 1.55 bits per heavy atom. The Morgan fingerprint density at radius 1 is 0.950 bits per heavy atom. The van der Waals surface area contributed by atoms with Crippen molar-refractivity contribution in [1.82, 2.24) is 0 Å². The molecule has 1 aliphatic rings. The average Bonchev–Trinajstić information content (AvgIpc) is 2.35. The summed E-state index contributed by atoms with van der Waals surface area (Å²) in [7, 11) is 0. The van der Waals surface area contributed by atoms with Crippen LogP contribution in [-0.2, 0) is 0 Å². The van der Waals surface area contributed by atoms with Crippen LogP contribution < -0.4 is 0 Å². The van der Waals surface area contributed by atoms with Crippen molar-refractivity contribution in [3.05, 3.63) is 47.6 Å². The molecule has 0 fully saturated rings. The highest BCUT2D eigenvalue weighted by atomic mass is 14.2. The van der Waals surface area contributed by atoms with Gasteiger partial charge in [-0.1, -0.05) is 47.6 Å². The van der Waals surface area contributed by atoms with Crippen molar-refractivity contribution in [2.75, 3.05) is 0 Å². The van der Waals surface area contributed by atoms with Gasteiger partial charge in [-0.15, -0.1) is 0 Å². The van der Waals surface area contributed by atoms with Crippen molar-refractivity contribution in [1.29, 1.82) is 0 Å². The molecule has 112 valence electrons. The lowest BCUT2D eigenvalue weighted by Gasteiger charge is -2.24. The van der Waals surface area contributed by atoms with Gasteiger partial charge in [-0.25, -0.2) is 0 Å². The van der Waals surface area contributed by atoms with E-state index in [1.54, 1.807) is 0 Å². The molecular weight excluding hydrogens is 240 g/mol. The van der Waals surface area contributed by atoms with Gasteiger partial charge in [-0.2, -0.15) is 0 Å². The molecule has 2 atom stereocenters. The molecule has 0 heteroatoms. The summed E-state index contributed by atoms with van der Waals surface area (Å²) in [6, 6.07) is 0. The van der Waals surface area contributed by atoms with Gasteiger partial charge in [0.15, 0.2) is 0 Å². The zero-order valence-corrected chi connectivity index (χ0v) is 14.0. The van der Waals surface area contributed by atoms with Crippen molar-refractivity contribution >= 4 is 0 Å². The van der Waals surface area contributed by atoms with Gasteiger partial charge < -0.3 is 0 Å².